The fourth-order valence-electron chi connectivity index (χ4n) is 4.37. The molecule has 4 heteroatoms. The number of alkyl halides is 2. The Bertz CT molecular complexity index is 946. The van der Waals surface area contributed by atoms with Crippen molar-refractivity contribution >= 4 is 11.4 Å². The van der Waals surface area contributed by atoms with Gasteiger partial charge in [-0.25, -0.2) is 13.2 Å². The zero-order valence-electron chi connectivity index (χ0n) is 25.9. The number of carbonyl (C=O) groups excluding carboxylic acids is 1. The van der Waals surface area contributed by atoms with Crippen LogP contribution in [0, 0.1) is 24.1 Å². The van der Waals surface area contributed by atoms with Gasteiger partial charge in [-0.3, -0.25) is 4.79 Å². The quantitative estimate of drug-likeness (QED) is 0.336. The molecule has 1 spiro atoms. The van der Waals surface area contributed by atoms with Crippen molar-refractivity contribution in [2.24, 2.45) is 11.3 Å². The third-order valence-corrected chi connectivity index (χ3v) is 7.48. The first-order valence-electron chi connectivity index (χ1n) is 14.4. The summed E-state index contributed by atoms with van der Waals surface area (Å²) >= 11 is 0. The molecule has 0 aromatic heterocycles. The van der Waals surface area contributed by atoms with E-state index >= 15 is 0 Å². The van der Waals surface area contributed by atoms with Crippen LogP contribution in [0.2, 0.25) is 0 Å². The van der Waals surface area contributed by atoms with Crippen LogP contribution in [0.1, 0.15) is 117 Å². The van der Waals surface area contributed by atoms with Crippen molar-refractivity contribution in [1.29, 1.82) is 0 Å². The van der Waals surface area contributed by atoms with E-state index in [4.69, 9.17) is 0 Å². The molecule has 0 amide bonds. The van der Waals surface area contributed by atoms with Crippen molar-refractivity contribution < 1.29 is 18.0 Å². The molecular formula is C35H53F3O. The number of carbonyl (C=O) groups is 1. The van der Waals surface area contributed by atoms with Gasteiger partial charge in [0.2, 0.25) is 5.92 Å². The first-order chi connectivity index (χ1) is 18.1. The lowest BCUT2D eigenvalue weighted by atomic mass is 9.72. The van der Waals surface area contributed by atoms with E-state index in [9.17, 15) is 18.0 Å². The molecule has 0 radical (unpaired) electrons. The monoisotopic (exact) mass is 546 g/mol. The normalized spacial score (nSPS) is 16.2. The fourth-order valence-corrected chi connectivity index (χ4v) is 4.37. The lowest BCUT2D eigenvalue weighted by molar-refractivity contribution is -0.127. The summed E-state index contributed by atoms with van der Waals surface area (Å²) in [6, 6.07) is 5.10. The van der Waals surface area contributed by atoms with Crippen LogP contribution < -0.4 is 0 Å². The molecule has 1 aromatic carbocycles. The predicted molar refractivity (Wildman–Crippen MR) is 164 cm³/mol. The lowest BCUT2D eigenvalue weighted by Crippen LogP contribution is -2.28. The first-order valence-corrected chi connectivity index (χ1v) is 14.4. The van der Waals surface area contributed by atoms with Gasteiger partial charge in [0.1, 0.15) is 11.6 Å². The van der Waals surface area contributed by atoms with E-state index in [1.54, 1.807) is 6.07 Å². The summed E-state index contributed by atoms with van der Waals surface area (Å²) in [6.45, 7) is 21.5. The Morgan fingerprint density at radius 2 is 1.59 bits per heavy atom. The second-order valence-electron chi connectivity index (χ2n) is 11.5. The maximum atomic E-state index is 13.2. The Labute approximate surface area is 237 Å². The van der Waals surface area contributed by atoms with E-state index in [1.165, 1.54) is 76.0 Å². The maximum absolute atomic E-state index is 13.2. The molecule has 0 heterocycles. The molecule has 39 heavy (non-hydrogen) atoms. The topological polar surface area (TPSA) is 17.1 Å². The van der Waals surface area contributed by atoms with Crippen molar-refractivity contribution in [1.82, 2.24) is 0 Å². The average molecular weight is 547 g/mol. The molecule has 0 atom stereocenters. The van der Waals surface area contributed by atoms with Gasteiger partial charge in [-0.15, -0.1) is 0 Å². The van der Waals surface area contributed by atoms with Crippen LogP contribution >= 0.6 is 0 Å². The fraction of sp³-hybridized carbons (Fsp3) is 0.571. The van der Waals surface area contributed by atoms with Gasteiger partial charge in [0.15, 0.2) is 0 Å². The number of benzene rings is 1. The summed E-state index contributed by atoms with van der Waals surface area (Å²) in [7, 11) is 0. The van der Waals surface area contributed by atoms with Gasteiger partial charge in [0.25, 0.3) is 0 Å². The minimum Gasteiger partial charge on any atom is -0.299 e. The van der Waals surface area contributed by atoms with Crippen molar-refractivity contribution in [2.45, 2.75) is 119 Å². The zero-order valence-corrected chi connectivity index (χ0v) is 25.9. The van der Waals surface area contributed by atoms with Gasteiger partial charge < -0.3 is 0 Å². The highest BCUT2D eigenvalue weighted by molar-refractivity contribution is 5.86. The van der Waals surface area contributed by atoms with Crippen LogP contribution in [0.4, 0.5) is 13.2 Å². The first kappa shape index (κ1) is 36.6. The summed E-state index contributed by atoms with van der Waals surface area (Å²) in [5, 5.41) is 0. The van der Waals surface area contributed by atoms with Crippen LogP contribution in [0.3, 0.4) is 0 Å². The summed E-state index contributed by atoms with van der Waals surface area (Å²) < 4.78 is 36.9. The second kappa shape index (κ2) is 18.1. The number of aryl methyl sites for hydroxylation is 1. The third kappa shape index (κ3) is 14.0. The number of hydrogen-bond acceptors (Lipinski definition) is 1. The maximum Gasteiger partial charge on any atom is 0.247 e. The molecule has 2 saturated carbocycles. The largest absolute Gasteiger partial charge is 0.299 e. The van der Waals surface area contributed by atoms with Crippen LogP contribution in [0.15, 0.2) is 60.7 Å². The lowest BCUT2D eigenvalue weighted by Gasteiger charge is -2.31. The number of Topliss-reactive ketones (excluding diaryl/α,β-unsaturated/α-hetero) is 1. The molecule has 2 fully saturated rings. The van der Waals surface area contributed by atoms with Crippen molar-refractivity contribution in [3.63, 3.8) is 0 Å². The summed E-state index contributed by atoms with van der Waals surface area (Å²) in [6.07, 6.45) is 16.4. The standard InChI is InChI=1S/C11H13F.C10H16O.C9H14.C5H10F2/c1-4-8(2)11-9(3)6-5-7-10(11)12;11-9-5-4-8-10(9)6-2-1-3-7-10;1-5-9(4)7-6-8(2)3;1-4(2)5(3,6)7/h5-7H,2,4H2,1,3H3;1-8H2;5-7H,1H2,2-4H3;4H,1-3H3/b;;9-7-;. The summed E-state index contributed by atoms with van der Waals surface area (Å²) in [4.78, 5) is 11.6. The van der Waals surface area contributed by atoms with E-state index in [0.717, 1.165) is 30.9 Å². The summed E-state index contributed by atoms with van der Waals surface area (Å²) in [5.41, 5.74) is 5.22. The Hall–Kier alpha value is -2.36. The molecule has 2 aliphatic carbocycles. The van der Waals surface area contributed by atoms with E-state index < -0.39 is 11.8 Å². The molecule has 0 saturated heterocycles. The molecule has 3 rings (SSSR count). The molecule has 0 unspecified atom stereocenters. The van der Waals surface area contributed by atoms with Crippen LogP contribution in [0.5, 0.6) is 0 Å². The van der Waals surface area contributed by atoms with Crippen LogP contribution in [-0.4, -0.2) is 11.7 Å². The third-order valence-electron chi connectivity index (χ3n) is 7.48. The number of ketones is 1. The van der Waals surface area contributed by atoms with Gasteiger partial charge in [0.05, 0.1) is 0 Å². The minimum atomic E-state index is -2.50. The molecule has 0 aliphatic heterocycles. The van der Waals surface area contributed by atoms with Crippen LogP contribution in [0.25, 0.3) is 5.57 Å². The molecular weight excluding hydrogens is 493 g/mol. The van der Waals surface area contributed by atoms with Crippen molar-refractivity contribution in [3.8, 4) is 0 Å². The number of allylic oxidation sites excluding steroid dienone is 6. The predicted octanol–water partition coefficient (Wildman–Crippen LogP) is 11.6. The minimum absolute atomic E-state index is 0.165. The molecule has 0 N–H and O–H groups in total. The number of halogens is 3. The smallest absolute Gasteiger partial charge is 0.247 e. The van der Waals surface area contributed by atoms with Gasteiger partial charge in [-0.2, -0.15) is 0 Å². The number of hydrogen-bond donors (Lipinski definition) is 0. The van der Waals surface area contributed by atoms with Gasteiger partial charge in [-0.05, 0) is 83.9 Å². The Kier molecular flexibility index (Phi) is 17.0. The van der Waals surface area contributed by atoms with Crippen molar-refractivity contribution in [3.05, 3.63) is 77.7 Å². The Morgan fingerprint density at radius 3 is 1.97 bits per heavy atom. The number of rotatable bonds is 5. The average Bonchev–Trinajstić information content (AvgIpc) is 3.22. The van der Waals surface area contributed by atoms with E-state index in [0.29, 0.717) is 11.3 Å². The van der Waals surface area contributed by atoms with E-state index in [-0.39, 0.29) is 11.2 Å². The molecule has 1 aromatic rings. The van der Waals surface area contributed by atoms with Gasteiger partial charge in [-0.1, -0.05) is 94.7 Å². The van der Waals surface area contributed by atoms with Gasteiger partial charge in [0, 0.05) is 23.3 Å². The molecule has 220 valence electrons. The molecule has 1 nitrogen and oxygen atoms in total. The SMILES string of the molecule is C=C(CC)c1c(C)cccc1F.C=C/C(C)=C\C=C(C)C.CC(C)C(C)(F)F.O=C1CCCC12CCCCC2. The van der Waals surface area contributed by atoms with Gasteiger partial charge >= 0.3 is 0 Å². The summed E-state index contributed by atoms with van der Waals surface area (Å²) in [5.74, 6) is -2.62. The highest BCUT2D eigenvalue weighted by atomic mass is 19.3. The highest BCUT2D eigenvalue weighted by Gasteiger charge is 2.41. The second-order valence-corrected chi connectivity index (χ2v) is 11.5. The van der Waals surface area contributed by atoms with Crippen LogP contribution in [-0.2, 0) is 4.79 Å². The molecule has 2 aliphatic rings. The van der Waals surface area contributed by atoms with E-state index in [1.807, 2.05) is 32.9 Å². The zero-order chi connectivity index (χ0) is 30.2. The Balaban J connectivity index is 0.000000504. The van der Waals surface area contributed by atoms with Crippen molar-refractivity contribution in [2.75, 3.05) is 0 Å². The highest BCUT2D eigenvalue weighted by Crippen LogP contribution is 2.46. The van der Waals surface area contributed by atoms with E-state index in [2.05, 4.69) is 39.2 Å². The molecule has 0 bridgehead atoms. The Morgan fingerprint density at radius 1 is 1.05 bits per heavy atom.